The first-order chi connectivity index (χ1) is 13.1. The van der Waals surface area contributed by atoms with Crippen LogP contribution in [0.4, 0.5) is 17.1 Å². The van der Waals surface area contributed by atoms with E-state index in [0.717, 1.165) is 17.9 Å². The van der Waals surface area contributed by atoms with Crippen molar-refractivity contribution in [3.05, 3.63) is 61.2 Å². The Hall–Kier alpha value is -3.28. The summed E-state index contributed by atoms with van der Waals surface area (Å²) in [5.74, 6) is 0.570. The van der Waals surface area contributed by atoms with Crippen LogP contribution >= 0.6 is 0 Å². The van der Waals surface area contributed by atoms with Crippen LogP contribution in [0.2, 0.25) is 0 Å². The Bertz CT molecular complexity index is 755. The molecule has 0 fully saturated rings. The number of carbonyl (C=O) groups is 2. The Morgan fingerprint density at radius 3 is 2.04 bits per heavy atom. The van der Waals surface area contributed by atoms with Crippen molar-refractivity contribution >= 4 is 28.9 Å². The van der Waals surface area contributed by atoms with Crippen LogP contribution in [0.3, 0.4) is 0 Å². The van der Waals surface area contributed by atoms with E-state index < -0.39 is 0 Å². The fourth-order valence-electron chi connectivity index (χ4n) is 2.30. The molecule has 2 aromatic rings. The summed E-state index contributed by atoms with van der Waals surface area (Å²) in [6, 6.07) is 14.4. The molecule has 6 nitrogen and oxygen atoms in total. The van der Waals surface area contributed by atoms with Crippen LogP contribution in [-0.2, 0) is 9.59 Å². The molecule has 0 aromatic heterocycles. The van der Waals surface area contributed by atoms with Gasteiger partial charge in [-0.1, -0.05) is 19.6 Å². The molecule has 2 rings (SSSR count). The molecule has 142 valence electrons. The molecule has 6 heteroatoms. The maximum absolute atomic E-state index is 12.1. The van der Waals surface area contributed by atoms with Crippen molar-refractivity contribution in [3.63, 3.8) is 0 Å². The largest absolute Gasteiger partial charge is 0.490 e. The number of hydrogen-bond acceptors (Lipinski definition) is 4. The number of anilines is 3. The van der Waals surface area contributed by atoms with E-state index in [1.54, 1.807) is 30.3 Å². The minimum absolute atomic E-state index is 0.0144. The standard InChI is InChI=1S/C21H25N3O3/c1-3-5-20(25)23-17-6-8-18(9-7-17)24-21(26)15-22-16-10-12-19(13-11-16)27-14-4-2/h4,6-13,22H,2-3,5,14-15H2,1H3,(H,23,25)(H,24,26). The van der Waals surface area contributed by atoms with Gasteiger partial charge in [-0.15, -0.1) is 0 Å². The zero-order chi connectivity index (χ0) is 19.5. The van der Waals surface area contributed by atoms with Gasteiger partial charge in [-0.2, -0.15) is 0 Å². The fourth-order valence-corrected chi connectivity index (χ4v) is 2.30. The first-order valence-electron chi connectivity index (χ1n) is 8.88. The quantitative estimate of drug-likeness (QED) is 0.554. The van der Waals surface area contributed by atoms with Crippen molar-refractivity contribution in [1.82, 2.24) is 0 Å². The van der Waals surface area contributed by atoms with Crippen LogP contribution in [0.15, 0.2) is 61.2 Å². The van der Waals surface area contributed by atoms with Gasteiger partial charge in [-0.05, 0) is 55.0 Å². The van der Waals surface area contributed by atoms with Gasteiger partial charge < -0.3 is 20.7 Å². The zero-order valence-corrected chi connectivity index (χ0v) is 15.5. The van der Waals surface area contributed by atoms with E-state index in [9.17, 15) is 9.59 Å². The molecule has 0 saturated carbocycles. The zero-order valence-electron chi connectivity index (χ0n) is 15.5. The molecular formula is C21H25N3O3. The van der Waals surface area contributed by atoms with Crippen LogP contribution in [-0.4, -0.2) is 25.0 Å². The van der Waals surface area contributed by atoms with E-state index in [2.05, 4.69) is 22.5 Å². The predicted molar refractivity (Wildman–Crippen MR) is 109 cm³/mol. The number of carbonyl (C=O) groups excluding carboxylic acids is 2. The number of rotatable bonds is 10. The summed E-state index contributed by atoms with van der Waals surface area (Å²) < 4.78 is 5.41. The Morgan fingerprint density at radius 2 is 1.48 bits per heavy atom. The van der Waals surface area contributed by atoms with Gasteiger partial charge in [-0.3, -0.25) is 9.59 Å². The van der Waals surface area contributed by atoms with E-state index in [-0.39, 0.29) is 18.4 Å². The lowest BCUT2D eigenvalue weighted by Crippen LogP contribution is -2.21. The molecule has 0 bridgehead atoms. The maximum Gasteiger partial charge on any atom is 0.243 e. The molecule has 0 aliphatic rings. The third kappa shape index (κ3) is 7.23. The van der Waals surface area contributed by atoms with Gasteiger partial charge in [0.15, 0.2) is 0 Å². The number of benzene rings is 2. The minimum Gasteiger partial charge on any atom is -0.490 e. The molecule has 0 aliphatic heterocycles. The topological polar surface area (TPSA) is 79.5 Å². The van der Waals surface area contributed by atoms with Gasteiger partial charge in [0.05, 0.1) is 6.54 Å². The molecule has 0 radical (unpaired) electrons. The monoisotopic (exact) mass is 367 g/mol. The summed E-state index contributed by atoms with van der Waals surface area (Å²) in [4.78, 5) is 23.6. The van der Waals surface area contributed by atoms with Crippen molar-refractivity contribution in [2.75, 3.05) is 29.1 Å². The van der Waals surface area contributed by atoms with Gasteiger partial charge in [0.1, 0.15) is 12.4 Å². The van der Waals surface area contributed by atoms with Gasteiger partial charge in [-0.25, -0.2) is 0 Å². The highest BCUT2D eigenvalue weighted by Crippen LogP contribution is 2.16. The van der Waals surface area contributed by atoms with E-state index in [1.807, 2.05) is 31.2 Å². The highest BCUT2D eigenvalue weighted by molar-refractivity contribution is 5.94. The van der Waals surface area contributed by atoms with Gasteiger partial charge in [0.2, 0.25) is 11.8 Å². The SMILES string of the molecule is C=CCOc1ccc(NCC(=O)Nc2ccc(NC(=O)CCC)cc2)cc1. The molecule has 27 heavy (non-hydrogen) atoms. The van der Waals surface area contributed by atoms with Crippen molar-refractivity contribution in [2.45, 2.75) is 19.8 Å². The maximum atomic E-state index is 12.1. The summed E-state index contributed by atoms with van der Waals surface area (Å²) in [6.45, 7) is 6.15. The average molecular weight is 367 g/mol. The fraction of sp³-hybridized carbons (Fsp3) is 0.238. The van der Waals surface area contributed by atoms with E-state index in [0.29, 0.717) is 24.4 Å². The molecule has 2 aromatic carbocycles. The van der Waals surface area contributed by atoms with Crippen molar-refractivity contribution in [1.29, 1.82) is 0 Å². The summed E-state index contributed by atoms with van der Waals surface area (Å²) in [5.41, 5.74) is 2.21. The highest BCUT2D eigenvalue weighted by Gasteiger charge is 2.04. The first-order valence-corrected chi connectivity index (χ1v) is 8.88. The Kier molecular flexibility index (Phi) is 7.91. The van der Waals surface area contributed by atoms with E-state index >= 15 is 0 Å². The van der Waals surface area contributed by atoms with Crippen LogP contribution < -0.4 is 20.7 Å². The number of ether oxygens (including phenoxy) is 1. The smallest absolute Gasteiger partial charge is 0.243 e. The molecule has 0 saturated heterocycles. The summed E-state index contributed by atoms with van der Waals surface area (Å²) >= 11 is 0. The predicted octanol–water partition coefficient (Wildman–Crippen LogP) is 4.04. The molecule has 0 spiro atoms. The highest BCUT2D eigenvalue weighted by atomic mass is 16.5. The summed E-state index contributed by atoms with van der Waals surface area (Å²) in [6.07, 6.45) is 2.98. The minimum atomic E-state index is -0.162. The van der Waals surface area contributed by atoms with Crippen LogP contribution in [0.25, 0.3) is 0 Å². The molecule has 2 amide bonds. The lowest BCUT2D eigenvalue weighted by atomic mass is 10.2. The van der Waals surface area contributed by atoms with Gasteiger partial charge >= 0.3 is 0 Å². The second-order valence-electron chi connectivity index (χ2n) is 5.90. The molecule has 3 N–H and O–H groups in total. The number of nitrogens with one attached hydrogen (secondary N) is 3. The molecule has 0 atom stereocenters. The van der Waals surface area contributed by atoms with Crippen molar-refractivity contribution in [3.8, 4) is 5.75 Å². The van der Waals surface area contributed by atoms with E-state index in [4.69, 9.17) is 4.74 Å². The second-order valence-corrected chi connectivity index (χ2v) is 5.90. The Labute approximate surface area is 159 Å². The second kappa shape index (κ2) is 10.7. The normalized spacial score (nSPS) is 9.96. The molecule has 0 unspecified atom stereocenters. The van der Waals surface area contributed by atoms with Crippen LogP contribution in [0, 0.1) is 0 Å². The third-order valence-electron chi connectivity index (χ3n) is 3.60. The van der Waals surface area contributed by atoms with Crippen LogP contribution in [0.1, 0.15) is 19.8 Å². The third-order valence-corrected chi connectivity index (χ3v) is 3.60. The van der Waals surface area contributed by atoms with Crippen molar-refractivity contribution in [2.24, 2.45) is 0 Å². The lowest BCUT2D eigenvalue weighted by Gasteiger charge is -2.10. The van der Waals surface area contributed by atoms with E-state index in [1.165, 1.54) is 0 Å². The molecular weight excluding hydrogens is 342 g/mol. The molecule has 0 heterocycles. The van der Waals surface area contributed by atoms with Gasteiger partial charge in [0, 0.05) is 23.5 Å². The molecule has 0 aliphatic carbocycles. The number of amides is 2. The Balaban J connectivity index is 1.78. The van der Waals surface area contributed by atoms with Crippen molar-refractivity contribution < 1.29 is 14.3 Å². The summed E-state index contributed by atoms with van der Waals surface area (Å²) in [7, 11) is 0. The summed E-state index contributed by atoms with van der Waals surface area (Å²) in [5, 5.41) is 8.67. The number of hydrogen-bond donors (Lipinski definition) is 3. The first kappa shape index (κ1) is 20.0. The lowest BCUT2D eigenvalue weighted by molar-refractivity contribution is -0.116. The average Bonchev–Trinajstić information content (AvgIpc) is 2.67. The Morgan fingerprint density at radius 1 is 0.926 bits per heavy atom. The van der Waals surface area contributed by atoms with Gasteiger partial charge in [0.25, 0.3) is 0 Å². The van der Waals surface area contributed by atoms with Crippen LogP contribution in [0.5, 0.6) is 5.75 Å².